The first-order valence-corrected chi connectivity index (χ1v) is 17.8. The minimum absolute atomic E-state index is 0.298. The number of imidazole rings is 2. The van der Waals surface area contributed by atoms with Crippen LogP contribution in [0.1, 0.15) is 0 Å². The van der Waals surface area contributed by atoms with Crippen molar-refractivity contribution in [3.05, 3.63) is 152 Å². The van der Waals surface area contributed by atoms with E-state index in [2.05, 4.69) is 133 Å². The molecule has 0 N–H and O–H groups in total. The Hall–Kier alpha value is -7.26. The molecule has 13 rings (SSSR count). The third kappa shape index (κ3) is 3.50. The van der Waals surface area contributed by atoms with E-state index >= 15 is 0 Å². The second-order valence-electron chi connectivity index (χ2n) is 13.9. The lowest BCUT2D eigenvalue weighted by Crippen LogP contribution is -2.50. The van der Waals surface area contributed by atoms with E-state index in [-0.39, 0.29) is 6.98 Å². The summed E-state index contributed by atoms with van der Waals surface area (Å²) in [6.07, 6.45) is 0. The number of benzene rings is 7. The van der Waals surface area contributed by atoms with Crippen molar-refractivity contribution >= 4 is 78.1 Å². The fourth-order valence-corrected chi connectivity index (χ4v) is 8.95. The Morgan fingerprint density at radius 2 is 0.830 bits per heavy atom. The molecule has 0 spiro atoms. The van der Waals surface area contributed by atoms with Gasteiger partial charge in [-0.2, -0.15) is 9.97 Å². The van der Waals surface area contributed by atoms with Crippen molar-refractivity contribution in [2.24, 2.45) is 0 Å². The number of hydrogen-bond donors (Lipinski definition) is 0. The molecular weight excluding hydrogens is 655 g/mol. The fraction of sp³-hybridized carbons (Fsp3) is 0. The minimum Gasteiger partial charge on any atom is -0.426 e. The maximum absolute atomic E-state index is 6.75. The topological polar surface area (TPSA) is 64.0 Å². The zero-order chi connectivity index (χ0) is 34.4. The molecule has 0 atom stereocenters. The number of fused-ring (bicyclic) bond motifs is 14. The summed E-state index contributed by atoms with van der Waals surface area (Å²) in [7, 11) is 0. The van der Waals surface area contributed by atoms with E-state index in [0.717, 1.165) is 55.3 Å². The summed E-state index contributed by atoms with van der Waals surface area (Å²) in [5.41, 5.74) is 11.3. The van der Waals surface area contributed by atoms with Gasteiger partial charge in [-0.05, 0) is 60.7 Å². The van der Waals surface area contributed by atoms with Crippen LogP contribution in [0.2, 0.25) is 0 Å². The number of ether oxygens (including phenoxy) is 2. The summed E-state index contributed by atoms with van der Waals surface area (Å²) in [6, 6.07) is 54.4. The van der Waals surface area contributed by atoms with Gasteiger partial charge in [-0.15, -0.1) is 0 Å². The molecule has 0 fully saturated rings. The van der Waals surface area contributed by atoms with Crippen LogP contribution in [0.4, 0.5) is 0 Å². The molecule has 4 aromatic heterocycles. The van der Waals surface area contributed by atoms with E-state index in [4.69, 9.17) is 19.4 Å². The Balaban J connectivity index is 1.06. The average Bonchev–Trinajstić information content (AvgIpc) is 3.95. The zero-order valence-electron chi connectivity index (χ0n) is 28.0. The molecule has 0 radical (unpaired) electrons. The quantitative estimate of drug-likeness (QED) is 0.171. The van der Waals surface area contributed by atoms with Crippen molar-refractivity contribution in [2.75, 3.05) is 0 Å². The van der Waals surface area contributed by atoms with Gasteiger partial charge in [-0.1, -0.05) is 78.9 Å². The molecule has 0 unspecified atom stereocenters. The summed E-state index contributed by atoms with van der Waals surface area (Å²) in [4.78, 5) is 9.94. The third-order valence-corrected chi connectivity index (χ3v) is 11.1. The van der Waals surface area contributed by atoms with Crippen LogP contribution in [0, 0.1) is 0 Å². The van der Waals surface area contributed by atoms with E-state index in [1.807, 2.05) is 36.4 Å². The van der Waals surface area contributed by atoms with Crippen LogP contribution in [0.15, 0.2) is 152 Å². The lowest BCUT2D eigenvalue weighted by molar-refractivity contribution is 0.408. The van der Waals surface area contributed by atoms with Gasteiger partial charge in [-0.25, -0.2) is 0 Å². The lowest BCUT2D eigenvalue weighted by Gasteiger charge is -2.32. The van der Waals surface area contributed by atoms with Crippen molar-refractivity contribution in [3.63, 3.8) is 0 Å². The predicted octanol–water partition coefficient (Wildman–Crippen LogP) is 9.58. The SMILES string of the molecule is c1ccc2c(c1)nc1n2B2c3c(cc(-n4c5ccccc5c5cc(-n6c7ccccc7c7ccccc76)ccc54)cc3Oc3nc4ccccc4n32)O1. The van der Waals surface area contributed by atoms with E-state index in [0.29, 0.717) is 23.5 Å². The molecule has 246 valence electrons. The van der Waals surface area contributed by atoms with Crippen LogP contribution in [-0.4, -0.2) is 35.0 Å². The standard InChI is InChI=1S/C44H25BN6O2/c1-6-16-34-28(11-1)29-12-2-7-17-35(29)48(34)26-21-22-37-31(23-26)30-13-3-8-18-36(30)49(37)27-24-40-42-41(25-27)53-44-47-33-15-5-10-20-39(33)51(44)45(42)50-38-19-9-4-14-32(38)46-43(50)52-40/h1-25H. The first-order chi connectivity index (χ1) is 26.3. The Labute approximate surface area is 301 Å². The van der Waals surface area contributed by atoms with Crippen LogP contribution in [0.3, 0.4) is 0 Å². The molecule has 9 heteroatoms. The van der Waals surface area contributed by atoms with E-state index < -0.39 is 0 Å². The Kier molecular flexibility index (Phi) is 5.05. The molecule has 2 aliphatic rings. The molecule has 6 heterocycles. The van der Waals surface area contributed by atoms with Gasteiger partial charge in [0.15, 0.2) is 0 Å². The summed E-state index contributed by atoms with van der Waals surface area (Å²) in [5.74, 6) is 1.42. The highest BCUT2D eigenvalue weighted by Gasteiger charge is 2.44. The molecule has 11 aromatic rings. The number of nitrogens with zero attached hydrogens (tertiary/aromatic N) is 6. The summed E-state index contributed by atoms with van der Waals surface area (Å²) in [6.45, 7) is -0.298. The molecule has 53 heavy (non-hydrogen) atoms. The van der Waals surface area contributed by atoms with Gasteiger partial charge in [0.1, 0.15) is 11.5 Å². The second kappa shape index (κ2) is 9.74. The number of hydrogen-bond acceptors (Lipinski definition) is 4. The van der Waals surface area contributed by atoms with Crippen LogP contribution < -0.4 is 14.9 Å². The second-order valence-corrected chi connectivity index (χ2v) is 13.9. The molecule has 2 aliphatic heterocycles. The maximum Gasteiger partial charge on any atom is 0.435 e. The van der Waals surface area contributed by atoms with Gasteiger partial charge in [0, 0.05) is 39.4 Å². The van der Waals surface area contributed by atoms with Gasteiger partial charge in [0.05, 0.1) is 55.3 Å². The predicted molar refractivity (Wildman–Crippen MR) is 211 cm³/mol. The van der Waals surface area contributed by atoms with Crippen molar-refractivity contribution in [2.45, 2.75) is 0 Å². The zero-order valence-corrected chi connectivity index (χ0v) is 28.0. The van der Waals surface area contributed by atoms with E-state index in [1.165, 1.54) is 27.2 Å². The molecule has 0 saturated carbocycles. The first-order valence-electron chi connectivity index (χ1n) is 17.8. The van der Waals surface area contributed by atoms with E-state index in [9.17, 15) is 0 Å². The van der Waals surface area contributed by atoms with E-state index in [1.54, 1.807) is 0 Å². The van der Waals surface area contributed by atoms with Crippen molar-refractivity contribution in [1.82, 2.24) is 28.1 Å². The Bertz CT molecular complexity index is 3230. The van der Waals surface area contributed by atoms with Crippen molar-refractivity contribution < 1.29 is 9.47 Å². The molecule has 0 saturated heterocycles. The molecule has 0 aliphatic carbocycles. The van der Waals surface area contributed by atoms with Crippen LogP contribution in [0.5, 0.6) is 23.5 Å². The summed E-state index contributed by atoms with van der Waals surface area (Å²) in [5, 5.41) is 4.82. The summed E-state index contributed by atoms with van der Waals surface area (Å²) >= 11 is 0. The lowest BCUT2D eigenvalue weighted by atomic mass is 9.64. The van der Waals surface area contributed by atoms with Gasteiger partial charge in [0.25, 0.3) is 12.0 Å². The largest absolute Gasteiger partial charge is 0.435 e. The Morgan fingerprint density at radius 1 is 0.396 bits per heavy atom. The maximum atomic E-state index is 6.75. The molecule has 7 aromatic carbocycles. The highest BCUT2D eigenvalue weighted by Crippen LogP contribution is 2.43. The van der Waals surface area contributed by atoms with Crippen LogP contribution >= 0.6 is 0 Å². The molecule has 0 bridgehead atoms. The fourth-order valence-electron chi connectivity index (χ4n) is 8.95. The van der Waals surface area contributed by atoms with Crippen molar-refractivity contribution in [3.8, 4) is 34.9 Å². The highest BCUT2D eigenvalue weighted by atomic mass is 16.5. The molecule has 0 amide bonds. The highest BCUT2D eigenvalue weighted by molar-refractivity contribution is 6.74. The van der Waals surface area contributed by atoms with Crippen LogP contribution in [-0.2, 0) is 0 Å². The summed E-state index contributed by atoms with van der Waals surface area (Å²) < 4.78 is 22.5. The van der Waals surface area contributed by atoms with Crippen molar-refractivity contribution in [1.29, 1.82) is 0 Å². The average molecular weight is 681 g/mol. The number of rotatable bonds is 2. The van der Waals surface area contributed by atoms with Crippen LogP contribution in [0.25, 0.3) is 77.1 Å². The third-order valence-electron chi connectivity index (χ3n) is 11.1. The first kappa shape index (κ1) is 27.5. The van der Waals surface area contributed by atoms with Gasteiger partial charge < -0.3 is 27.6 Å². The smallest absolute Gasteiger partial charge is 0.426 e. The minimum atomic E-state index is -0.298. The number of aromatic nitrogens is 6. The van der Waals surface area contributed by atoms with Gasteiger partial charge in [-0.3, -0.25) is 0 Å². The normalized spacial score (nSPS) is 13.2. The Morgan fingerprint density at radius 3 is 1.38 bits per heavy atom. The molecule has 8 nitrogen and oxygen atoms in total. The van der Waals surface area contributed by atoms with Gasteiger partial charge in [0.2, 0.25) is 0 Å². The molecular formula is C44H25BN6O2. The number of para-hydroxylation sites is 7. The van der Waals surface area contributed by atoms with Gasteiger partial charge >= 0.3 is 6.98 Å². The monoisotopic (exact) mass is 680 g/mol.